The van der Waals surface area contributed by atoms with Gasteiger partial charge < -0.3 is 15.5 Å². The number of hydrogen-bond acceptors (Lipinski definition) is 6. The quantitative estimate of drug-likeness (QED) is 0.384. The Kier molecular flexibility index (Phi) is 6.56. The number of fused-ring (bicyclic) bond motifs is 1. The highest BCUT2D eigenvalue weighted by Crippen LogP contribution is 2.34. The Morgan fingerprint density at radius 3 is 2.47 bits per heavy atom. The Labute approximate surface area is 202 Å². The van der Waals surface area contributed by atoms with Crippen molar-refractivity contribution in [1.29, 1.82) is 0 Å². The second kappa shape index (κ2) is 9.42. The van der Waals surface area contributed by atoms with Crippen molar-refractivity contribution in [1.82, 2.24) is 19.9 Å². The average molecular weight is 481 g/mol. The zero-order valence-corrected chi connectivity index (χ0v) is 20.8. The molecule has 9 heteroatoms. The lowest BCUT2D eigenvalue weighted by Gasteiger charge is -2.22. The first-order valence-corrected chi connectivity index (χ1v) is 11.9. The van der Waals surface area contributed by atoms with E-state index in [0.717, 1.165) is 16.9 Å². The predicted octanol–water partition coefficient (Wildman–Crippen LogP) is 5.12. The van der Waals surface area contributed by atoms with Crippen LogP contribution >= 0.6 is 11.3 Å². The Balaban J connectivity index is 1.56. The number of nitrogens with zero attached hydrogens (tertiary/aromatic N) is 4. The highest BCUT2D eigenvalue weighted by atomic mass is 32.1. The van der Waals surface area contributed by atoms with Gasteiger partial charge in [0.1, 0.15) is 11.5 Å². The summed E-state index contributed by atoms with van der Waals surface area (Å²) >= 11 is 1.39. The van der Waals surface area contributed by atoms with E-state index < -0.39 is 0 Å². The Hall–Kier alpha value is -3.46. The molecule has 0 aliphatic carbocycles. The molecule has 7 nitrogen and oxygen atoms in total. The van der Waals surface area contributed by atoms with E-state index in [-0.39, 0.29) is 29.8 Å². The van der Waals surface area contributed by atoms with Crippen LogP contribution in [0.1, 0.15) is 39.3 Å². The summed E-state index contributed by atoms with van der Waals surface area (Å²) in [5, 5.41) is 11.9. The number of nitrogens with one attached hydrogen (secondary N) is 2. The molecule has 4 rings (SSSR count). The number of hydrogen-bond donors (Lipinski definition) is 2. The molecular formula is C25H29FN6OS. The minimum absolute atomic E-state index is 0.0865. The molecule has 0 saturated heterocycles. The summed E-state index contributed by atoms with van der Waals surface area (Å²) < 4.78 is 15.2. The summed E-state index contributed by atoms with van der Waals surface area (Å²) in [6, 6.07) is 16.0. The topological polar surface area (TPSA) is 74.6 Å². The Bertz CT molecular complexity index is 1280. The van der Waals surface area contributed by atoms with Crippen molar-refractivity contribution < 1.29 is 9.18 Å². The van der Waals surface area contributed by atoms with Crippen LogP contribution in [0.3, 0.4) is 0 Å². The number of aromatic nitrogens is 3. The number of anilines is 2. The molecule has 1 atom stereocenters. The van der Waals surface area contributed by atoms with Crippen molar-refractivity contribution in [2.45, 2.75) is 39.3 Å². The maximum absolute atomic E-state index is 13.5. The van der Waals surface area contributed by atoms with Gasteiger partial charge in [0.15, 0.2) is 5.82 Å². The lowest BCUT2D eigenvalue weighted by Crippen LogP contribution is -2.36. The van der Waals surface area contributed by atoms with Crippen LogP contribution in [-0.4, -0.2) is 39.6 Å². The first-order chi connectivity index (χ1) is 16.1. The standard InChI is InChI=1S/C25H29FN6OS/c1-16(17-9-7-6-8-10-17)27-20(33)15-31(5)24-30-32-22(29-25(2,3)4)21(28-23(32)34-24)18-11-13-19(26)14-12-18/h6-14,16,29H,15H2,1-5H3,(H,27,33). The number of carbonyl (C=O) groups is 1. The minimum Gasteiger partial charge on any atom is -0.364 e. The van der Waals surface area contributed by atoms with Crippen LogP contribution in [0, 0.1) is 5.82 Å². The molecule has 2 aromatic carbocycles. The van der Waals surface area contributed by atoms with Crippen molar-refractivity contribution in [3.8, 4) is 11.3 Å². The number of benzene rings is 2. The van der Waals surface area contributed by atoms with Crippen LogP contribution in [-0.2, 0) is 4.79 Å². The Morgan fingerprint density at radius 1 is 1.15 bits per heavy atom. The summed E-state index contributed by atoms with van der Waals surface area (Å²) in [5.74, 6) is 0.343. The van der Waals surface area contributed by atoms with E-state index in [1.807, 2.05) is 49.2 Å². The molecule has 34 heavy (non-hydrogen) atoms. The first kappa shape index (κ1) is 23.7. The normalized spacial score (nSPS) is 12.5. The fraction of sp³-hybridized carbons (Fsp3) is 0.320. The molecule has 0 bridgehead atoms. The van der Waals surface area contributed by atoms with Crippen LogP contribution in [0.5, 0.6) is 0 Å². The number of rotatable bonds is 7. The van der Waals surface area contributed by atoms with Crippen LogP contribution < -0.4 is 15.5 Å². The van der Waals surface area contributed by atoms with Crippen LogP contribution in [0.2, 0.25) is 0 Å². The molecule has 2 heterocycles. The van der Waals surface area contributed by atoms with Crippen LogP contribution in [0.4, 0.5) is 15.3 Å². The Morgan fingerprint density at radius 2 is 1.82 bits per heavy atom. The predicted molar refractivity (Wildman–Crippen MR) is 136 cm³/mol. The van der Waals surface area contributed by atoms with Crippen molar-refractivity contribution in [2.75, 3.05) is 23.8 Å². The van der Waals surface area contributed by atoms with Gasteiger partial charge in [-0.25, -0.2) is 9.37 Å². The summed E-state index contributed by atoms with van der Waals surface area (Å²) in [4.78, 5) is 19.9. The average Bonchev–Trinajstić information content (AvgIpc) is 3.33. The highest BCUT2D eigenvalue weighted by Gasteiger charge is 2.23. The molecule has 1 amide bonds. The second-order valence-electron chi connectivity index (χ2n) is 9.33. The van der Waals surface area contributed by atoms with Gasteiger partial charge in [0, 0.05) is 18.2 Å². The van der Waals surface area contributed by atoms with E-state index in [0.29, 0.717) is 15.8 Å². The number of carbonyl (C=O) groups excluding carboxylic acids is 1. The van der Waals surface area contributed by atoms with Crippen LogP contribution in [0.15, 0.2) is 54.6 Å². The summed E-state index contributed by atoms with van der Waals surface area (Å²) in [5.41, 5.74) is 2.32. The monoisotopic (exact) mass is 480 g/mol. The second-order valence-corrected chi connectivity index (χ2v) is 10.3. The molecule has 4 aromatic rings. The molecule has 0 aliphatic rings. The van der Waals surface area contributed by atoms with Gasteiger partial charge in [0.25, 0.3) is 0 Å². The zero-order valence-electron chi connectivity index (χ0n) is 20.0. The van der Waals surface area contributed by atoms with Crippen LogP contribution in [0.25, 0.3) is 16.2 Å². The van der Waals surface area contributed by atoms with E-state index in [1.54, 1.807) is 16.6 Å². The molecule has 0 aliphatic heterocycles. The molecule has 0 radical (unpaired) electrons. The van der Waals surface area contributed by atoms with Gasteiger partial charge in [-0.3, -0.25) is 4.79 Å². The molecule has 2 N–H and O–H groups in total. The van der Waals surface area contributed by atoms with Crippen molar-refractivity contribution in [2.24, 2.45) is 0 Å². The van der Waals surface area contributed by atoms with E-state index in [1.165, 1.54) is 23.5 Å². The lowest BCUT2D eigenvalue weighted by atomic mass is 10.1. The summed E-state index contributed by atoms with van der Waals surface area (Å²) in [6.45, 7) is 8.29. The van der Waals surface area contributed by atoms with Gasteiger partial charge in [-0.1, -0.05) is 41.7 Å². The van der Waals surface area contributed by atoms with Crippen molar-refractivity contribution >= 4 is 33.2 Å². The van der Waals surface area contributed by atoms with Crippen molar-refractivity contribution in [3.63, 3.8) is 0 Å². The molecular weight excluding hydrogens is 451 g/mol. The maximum Gasteiger partial charge on any atom is 0.240 e. The number of halogens is 1. The van der Waals surface area contributed by atoms with Gasteiger partial charge in [-0.2, -0.15) is 4.52 Å². The van der Waals surface area contributed by atoms with Gasteiger partial charge in [-0.05, 0) is 57.5 Å². The van der Waals surface area contributed by atoms with E-state index in [2.05, 4.69) is 31.4 Å². The molecule has 0 spiro atoms. The van der Waals surface area contributed by atoms with Gasteiger partial charge >= 0.3 is 0 Å². The molecule has 1 unspecified atom stereocenters. The summed E-state index contributed by atoms with van der Waals surface area (Å²) in [6.07, 6.45) is 0. The minimum atomic E-state index is -0.294. The number of likely N-dealkylation sites (N-methyl/N-ethyl adjacent to an activating group) is 1. The molecule has 0 fully saturated rings. The fourth-order valence-electron chi connectivity index (χ4n) is 3.56. The SMILES string of the molecule is CC(NC(=O)CN(C)c1nn2c(NC(C)(C)C)c(-c3ccc(F)cc3)nc2s1)c1ccccc1. The fourth-order valence-corrected chi connectivity index (χ4v) is 4.43. The number of amides is 1. The number of imidazole rings is 1. The van der Waals surface area contributed by atoms with E-state index in [9.17, 15) is 9.18 Å². The van der Waals surface area contributed by atoms with Crippen molar-refractivity contribution in [3.05, 3.63) is 66.0 Å². The largest absolute Gasteiger partial charge is 0.364 e. The van der Waals surface area contributed by atoms with Gasteiger partial charge in [0.2, 0.25) is 16.0 Å². The lowest BCUT2D eigenvalue weighted by molar-refractivity contribution is -0.120. The molecule has 178 valence electrons. The highest BCUT2D eigenvalue weighted by molar-refractivity contribution is 7.20. The maximum atomic E-state index is 13.5. The third-order valence-corrected chi connectivity index (χ3v) is 6.21. The summed E-state index contributed by atoms with van der Waals surface area (Å²) in [7, 11) is 1.84. The third-order valence-electron chi connectivity index (χ3n) is 5.19. The smallest absolute Gasteiger partial charge is 0.240 e. The van der Waals surface area contributed by atoms with Gasteiger partial charge in [0.05, 0.1) is 12.6 Å². The molecule has 0 saturated carbocycles. The van der Waals surface area contributed by atoms with E-state index >= 15 is 0 Å². The first-order valence-electron chi connectivity index (χ1n) is 11.1. The zero-order chi connectivity index (χ0) is 24.5. The molecule has 2 aromatic heterocycles. The third kappa shape index (κ3) is 5.36. The van der Waals surface area contributed by atoms with E-state index in [4.69, 9.17) is 10.1 Å². The van der Waals surface area contributed by atoms with Gasteiger partial charge in [-0.15, -0.1) is 5.10 Å².